The van der Waals surface area contributed by atoms with Crippen molar-refractivity contribution >= 4 is 5.95 Å². The third kappa shape index (κ3) is 3.48. The lowest BCUT2D eigenvalue weighted by Gasteiger charge is -2.18. The van der Waals surface area contributed by atoms with Gasteiger partial charge in [-0.1, -0.05) is 24.3 Å². The minimum atomic E-state index is -0.451. The van der Waals surface area contributed by atoms with Gasteiger partial charge < -0.3 is 10.1 Å². The van der Waals surface area contributed by atoms with Crippen LogP contribution in [-0.2, 0) is 4.74 Å². The van der Waals surface area contributed by atoms with E-state index in [4.69, 9.17) is 4.74 Å². The molecule has 0 spiro atoms. The zero-order valence-corrected chi connectivity index (χ0v) is 10.9. The van der Waals surface area contributed by atoms with Gasteiger partial charge in [-0.15, -0.1) is 0 Å². The Bertz CT molecular complexity index is 530. The molecular weight excluding hydrogens is 245 g/mol. The molecular formula is C14H16FN3O. The molecule has 0 aliphatic carbocycles. The van der Waals surface area contributed by atoms with E-state index in [1.165, 1.54) is 0 Å². The Kier molecular flexibility index (Phi) is 4.41. The second-order valence-corrected chi connectivity index (χ2v) is 4.19. The van der Waals surface area contributed by atoms with Crippen molar-refractivity contribution in [2.24, 2.45) is 0 Å². The first kappa shape index (κ1) is 13.4. The summed E-state index contributed by atoms with van der Waals surface area (Å²) in [5, 5.41) is 3.03. The molecule has 0 aliphatic rings. The van der Waals surface area contributed by atoms with Gasteiger partial charge in [-0.25, -0.2) is 14.4 Å². The van der Waals surface area contributed by atoms with Gasteiger partial charge in [0.15, 0.2) is 5.82 Å². The Morgan fingerprint density at radius 2 is 1.95 bits per heavy atom. The van der Waals surface area contributed by atoms with Crippen LogP contribution in [0.2, 0.25) is 0 Å². The van der Waals surface area contributed by atoms with Gasteiger partial charge in [-0.3, -0.25) is 0 Å². The van der Waals surface area contributed by atoms with Crippen LogP contribution in [0, 0.1) is 12.7 Å². The average molecular weight is 261 g/mol. The maximum Gasteiger partial charge on any atom is 0.222 e. The standard InChI is InChI=1S/C14H16FN3O/c1-10-5-3-4-6-12(10)13(19-2)9-18-14-16-7-11(15)8-17-14/h3-8,13H,9H2,1-2H3,(H,16,17,18). The Labute approximate surface area is 111 Å². The van der Waals surface area contributed by atoms with Crippen molar-refractivity contribution in [2.75, 3.05) is 19.0 Å². The van der Waals surface area contributed by atoms with E-state index in [2.05, 4.69) is 15.3 Å². The summed E-state index contributed by atoms with van der Waals surface area (Å²) in [4.78, 5) is 7.70. The van der Waals surface area contributed by atoms with Crippen LogP contribution in [0.3, 0.4) is 0 Å². The van der Waals surface area contributed by atoms with E-state index in [9.17, 15) is 4.39 Å². The lowest BCUT2D eigenvalue weighted by atomic mass is 10.0. The molecule has 1 N–H and O–H groups in total. The summed E-state index contributed by atoms with van der Waals surface area (Å²) in [5.41, 5.74) is 2.27. The van der Waals surface area contributed by atoms with Gasteiger partial charge in [0.1, 0.15) is 0 Å². The van der Waals surface area contributed by atoms with Crippen LogP contribution in [0.4, 0.5) is 10.3 Å². The number of nitrogens with zero attached hydrogens (tertiary/aromatic N) is 2. The average Bonchev–Trinajstić information content (AvgIpc) is 2.43. The lowest BCUT2D eigenvalue weighted by molar-refractivity contribution is 0.113. The molecule has 5 heteroatoms. The van der Waals surface area contributed by atoms with Crippen molar-refractivity contribution in [3.05, 3.63) is 53.6 Å². The fourth-order valence-corrected chi connectivity index (χ4v) is 1.86. The SMILES string of the molecule is COC(CNc1ncc(F)cn1)c1ccccc1C. The summed E-state index contributed by atoms with van der Waals surface area (Å²) in [6.07, 6.45) is 2.16. The van der Waals surface area contributed by atoms with Crippen LogP contribution in [-0.4, -0.2) is 23.6 Å². The predicted octanol–water partition coefficient (Wildman–Crippen LogP) is 2.72. The number of halogens is 1. The number of rotatable bonds is 5. The summed E-state index contributed by atoms with van der Waals surface area (Å²) >= 11 is 0. The highest BCUT2D eigenvalue weighted by Crippen LogP contribution is 2.20. The number of benzene rings is 1. The molecule has 0 saturated carbocycles. The van der Waals surface area contributed by atoms with Crippen LogP contribution < -0.4 is 5.32 Å². The fourth-order valence-electron chi connectivity index (χ4n) is 1.86. The third-order valence-electron chi connectivity index (χ3n) is 2.89. The lowest BCUT2D eigenvalue weighted by Crippen LogP contribution is -2.16. The number of ether oxygens (including phenoxy) is 1. The van der Waals surface area contributed by atoms with Gasteiger partial charge in [0, 0.05) is 13.7 Å². The smallest absolute Gasteiger partial charge is 0.222 e. The van der Waals surface area contributed by atoms with Crippen LogP contribution in [0.15, 0.2) is 36.7 Å². The molecule has 0 saturated heterocycles. The topological polar surface area (TPSA) is 47.0 Å². The van der Waals surface area contributed by atoms with Crippen molar-refractivity contribution in [1.29, 1.82) is 0 Å². The normalized spacial score (nSPS) is 12.2. The monoisotopic (exact) mass is 261 g/mol. The molecule has 4 nitrogen and oxygen atoms in total. The van der Waals surface area contributed by atoms with Crippen LogP contribution in [0.5, 0.6) is 0 Å². The van der Waals surface area contributed by atoms with Crippen LogP contribution in [0.25, 0.3) is 0 Å². The first-order valence-electron chi connectivity index (χ1n) is 6.00. The molecule has 0 aliphatic heterocycles. The number of anilines is 1. The van der Waals surface area contributed by atoms with Crippen molar-refractivity contribution in [2.45, 2.75) is 13.0 Å². The van der Waals surface area contributed by atoms with E-state index in [0.717, 1.165) is 23.5 Å². The van der Waals surface area contributed by atoms with Gasteiger partial charge >= 0.3 is 0 Å². The zero-order chi connectivity index (χ0) is 13.7. The molecule has 1 aromatic carbocycles. The van der Waals surface area contributed by atoms with Gasteiger partial charge in [-0.05, 0) is 18.1 Å². The molecule has 1 atom stereocenters. The third-order valence-corrected chi connectivity index (χ3v) is 2.89. The molecule has 2 rings (SSSR count). The zero-order valence-electron chi connectivity index (χ0n) is 10.9. The number of aryl methyl sites for hydroxylation is 1. The molecule has 1 heterocycles. The Balaban J connectivity index is 2.04. The predicted molar refractivity (Wildman–Crippen MR) is 71.4 cm³/mol. The molecule has 1 aromatic heterocycles. The van der Waals surface area contributed by atoms with Gasteiger partial charge in [0.05, 0.1) is 18.5 Å². The highest BCUT2D eigenvalue weighted by atomic mass is 19.1. The van der Waals surface area contributed by atoms with Crippen molar-refractivity contribution in [1.82, 2.24) is 9.97 Å². The number of aromatic nitrogens is 2. The van der Waals surface area contributed by atoms with Crippen molar-refractivity contribution < 1.29 is 9.13 Å². The van der Waals surface area contributed by atoms with Crippen LogP contribution in [0.1, 0.15) is 17.2 Å². The van der Waals surface area contributed by atoms with Crippen LogP contribution >= 0.6 is 0 Å². The fraction of sp³-hybridized carbons (Fsp3) is 0.286. The first-order chi connectivity index (χ1) is 9.20. The summed E-state index contributed by atoms with van der Waals surface area (Å²) in [5.74, 6) is -0.0650. The molecule has 0 fully saturated rings. The largest absolute Gasteiger partial charge is 0.375 e. The quantitative estimate of drug-likeness (QED) is 0.899. The molecule has 1 unspecified atom stereocenters. The maximum atomic E-state index is 12.7. The number of methoxy groups -OCH3 is 1. The highest BCUT2D eigenvalue weighted by Gasteiger charge is 2.12. The molecule has 0 radical (unpaired) electrons. The number of hydrogen-bond acceptors (Lipinski definition) is 4. The molecule has 2 aromatic rings. The van der Waals surface area contributed by atoms with Gasteiger partial charge in [-0.2, -0.15) is 0 Å². The van der Waals surface area contributed by atoms with E-state index >= 15 is 0 Å². The second kappa shape index (κ2) is 6.24. The van der Waals surface area contributed by atoms with E-state index in [0.29, 0.717) is 12.5 Å². The molecule has 0 bridgehead atoms. The number of hydrogen-bond donors (Lipinski definition) is 1. The highest BCUT2D eigenvalue weighted by molar-refractivity contribution is 5.30. The van der Waals surface area contributed by atoms with E-state index < -0.39 is 5.82 Å². The van der Waals surface area contributed by atoms with Crippen molar-refractivity contribution in [3.63, 3.8) is 0 Å². The van der Waals surface area contributed by atoms with E-state index in [1.807, 2.05) is 31.2 Å². The summed E-state index contributed by atoms with van der Waals surface area (Å²) in [7, 11) is 1.66. The molecule has 100 valence electrons. The summed E-state index contributed by atoms with van der Waals surface area (Å²) in [6.45, 7) is 2.56. The minimum Gasteiger partial charge on any atom is -0.375 e. The molecule has 0 amide bonds. The van der Waals surface area contributed by atoms with Gasteiger partial charge in [0.2, 0.25) is 5.95 Å². The number of nitrogens with one attached hydrogen (secondary N) is 1. The van der Waals surface area contributed by atoms with E-state index in [-0.39, 0.29) is 6.10 Å². The summed E-state index contributed by atoms with van der Waals surface area (Å²) in [6, 6.07) is 8.03. The van der Waals surface area contributed by atoms with Gasteiger partial charge in [0.25, 0.3) is 0 Å². The van der Waals surface area contributed by atoms with E-state index in [1.54, 1.807) is 7.11 Å². The summed E-state index contributed by atoms with van der Waals surface area (Å²) < 4.78 is 18.2. The minimum absolute atomic E-state index is 0.102. The second-order valence-electron chi connectivity index (χ2n) is 4.19. The van der Waals surface area contributed by atoms with Crippen molar-refractivity contribution in [3.8, 4) is 0 Å². The maximum absolute atomic E-state index is 12.7. The Morgan fingerprint density at radius 1 is 1.26 bits per heavy atom. The molecule has 19 heavy (non-hydrogen) atoms. The Morgan fingerprint density at radius 3 is 2.58 bits per heavy atom. The Hall–Kier alpha value is -2.01. The first-order valence-corrected chi connectivity index (χ1v) is 6.00.